The maximum absolute atomic E-state index is 12.6. The van der Waals surface area contributed by atoms with Gasteiger partial charge in [-0.15, -0.1) is 11.3 Å². The van der Waals surface area contributed by atoms with Crippen molar-refractivity contribution in [2.75, 3.05) is 0 Å². The predicted octanol–water partition coefficient (Wildman–Crippen LogP) is 3.32. The van der Waals surface area contributed by atoms with Gasteiger partial charge in [-0.25, -0.2) is 4.98 Å². The maximum atomic E-state index is 12.6. The van der Waals surface area contributed by atoms with Crippen LogP contribution in [0.25, 0.3) is 21.9 Å². The minimum Gasteiger partial charge on any atom is -0.305 e. The fraction of sp³-hybridized carbons (Fsp3) is 0.222. The first-order valence-corrected chi connectivity index (χ1v) is 8.64. The van der Waals surface area contributed by atoms with Gasteiger partial charge in [0.15, 0.2) is 5.82 Å². The zero-order valence-corrected chi connectivity index (χ0v) is 13.7. The van der Waals surface area contributed by atoms with Crippen molar-refractivity contribution < 1.29 is 0 Å². The Bertz CT molecular complexity index is 1040. The number of fused-ring (bicyclic) bond motifs is 3. The van der Waals surface area contributed by atoms with Crippen LogP contribution in [0.1, 0.15) is 34.7 Å². The number of nitriles is 1. The fourth-order valence-electron chi connectivity index (χ4n) is 3.07. The van der Waals surface area contributed by atoms with E-state index in [1.807, 2.05) is 6.07 Å². The van der Waals surface area contributed by atoms with Crippen LogP contribution in [0.4, 0.5) is 0 Å². The van der Waals surface area contributed by atoms with Crippen LogP contribution in [0.2, 0.25) is 0 Å². The van der Waals surface area contributed by atoms with Crippen molar-refractivity contribution in [1.82, 2.24) is 15.0 Å². The van der Waals surface area contributed by atoms with Gasteiger partial charge in [0.1, 0.15) is 10.9 Å². The van der Waals surface area contributed by atoms with Crippen molar-refractivity contribution in [3.05, 3.63) is 56.7 Å². The van der Waals surface area contributed by atoms with E-state index in [-0.39, 0.29) is 5.56 Å². The van der Waals surface area contributed by atoms with E-state index < -0.39 is 0 Å². The van der Waals surface area contributed by atoms with Crippen LogP contribution in [0, 0.1) is 11.3 Å². The van der Waals surface area contributed by atoms with Gasteiger partial charge in [0.25, 0.3) is 5.56 Å². The molecule has 0 bridgehead atoms. The van der Waals surface area contributed by atoms with Gasteiger partial charge in [-0.1, -0.05) is 6.07 Å². The van der Waals surface area contributed by atoms with Gasteiger partial charge in [0, 0.05) is 17.3 Å². The first-order valence-electron chi connectivity index (χ1n) is 7.83. The van der Waals surface area contributed by atoms with Gasteiger partial charge in [0.2, 0.25) is 0 Å². The summed E-state index contributed by atoms with van der Waals surface area (Å²) in [5, 5.41) is 10.2. The van der Waals surface area contributed by atoms with Gasteiger partial charge in [-0.3, -0.25) is 9.78 Å². The highest BCUT2D eigenvalue weighted by atomic mass is 32.1. The molecular weight excluding hydrogens is 320 g/mol. The molecule has 1 aliphatic rings. The van der Waals surface area contributed by atoms with E-state index in [1.54, 1.807) is 35.9 Å². The van der Waals surface area contributed by atoms with Gasteiger partial charge in [-0.2, -0.15) is 5.26 Å². The summed E-state index contributed by atoms with van der Waals surface area (Å²) < 4.78 is 0. The average molecular weight is 334 g/mol. The summed E-state index contributed by atoms with van der Waals surface area (Å²) >= 11 is 1.58. The molecule has 1 aliphatic carbocycles. The number of hydrogen-bond donors (Lipinski definition) is 1. The first-order chi connectivity index (χ1) is 11.8. The lowest BCUT2D eigenvalue weighted by atomic mass is 9.97. The number of hydrogen-bond acceptors (Lipinski definition) is 5. The van der Waals surface area contributed by atoms with Crippen molar-refractivity contribution in [1.29, 1.82) is 5.26 Å². The average Bonchev–Trinajstić information content (AvgIpc) is 2.99. The molecule has 5 nitrogen and oxygen atoms in total. The van der Waals surface area contributed by atoms with E-state index in [9.17, 15) is 10.1 Å². The quantitative estimate of drug-likeness (QED) is 0.729. The summed E-state index contributed by atoms with van der Waals surface area (Å²) in [6.45, 7) is 0. The standard InChI is InChI=1S/C18H14N4OS/c19-9-12(8-11-4-3-7-20-10-11)16-21-17(23)15-13-5-1-2-6-14(13)24-18(15)22-16/h3-4,7-8,10H,1-2,5-6H2,(H,21,22,23)/b12-8+. The van der Waals surface area contributed by atoms with Crippen LogP contribution in [0.15, 0.2) is 29.3 Å². The minimum atomic E-state index is -0.151. The first kappa shape index (κ1) is 14.8. The normalized spacial score (nSPS) is 14.4. The molecule has 3 aromatic rings. The third-order valence-electron chi connectivity index (χ3n) is 4.20. The number of aryl methyl sites for hydroxylation is 2. The highest BCUT2D eigenvalue weighted by Crippen LogP contribution is 2.33. The van der Waals surface area contributed by atoms with Crippen LogP contribution in [-0.2, 0) is 12.8 Å². The summed E-state index contributed by atoms with van der Waals surface area (Å²) in [6.07, 6.45) is 9.26. The third-order valence-corrected chi connectivity index (χ3v) is 5.38. The summed E-state index contributed by atoms with van der Waals surface area (Å²) in [7, 11) is 0. The Kier molecular flexibility index (Phi) is 3.71. The molecule has 0 aromatic carbocycles. The van der Waals surface area contributed by atoms with Crippen LogP contribution < -0.4 is 5.56 Å². The van der Waals surface area contributed by atoms with Crippen molar-refractivity contribution in [2.24, 2.45) is 0 Å². The number of allylic oxidation sites excluding steroid dienone is 1. The van der Waals surface area contributed by atoms with Gasteiger partial charge in [-0.05, 0) is 49.0 Å². The zero-order chi connectivity index (χ0) is 16.5. The summed E-state index contributed by atoms with van der Waals surface area (Å²) in [5.74, 6) is 0.317. The van der Waals surface area contributed by atoms with Crippen LogP contribution in [0.3, 0.4) is 0 Å². The number of rotatable bonds is 2. The molecule has 0 saturated carbocycles. The molecule has 0 amide bonds. The molecule has 0 fully saturated rings. The van der Waals surface area contributed by atoms with E-state index in [2.05, 4.69) is 21.0 Å². The predicted molar refractivity (Wildman–Crippen MR) is 94.6 cm³/mol. The van der Waals surface area contributed by atoms with E-state index in [0.717, 1.165) is 41.6 Å². The number of aromatic amines is 1. The summed E-state index contributed by atoms with van der Waals surface area (Å²) in [5.41, 5.74) is 2.12. The molecule has 4 rings (SSSR count). The summed E-state index contributed by atoms with van der Waals surface area (Å²) in [4.78, 5) is 25.9. The van der Waals surface area contributed by atoms with E-state index in [0.29, 0.717) is 16.8 Å². The van der Waals surface area contributed by atoms with Crippen molar-refractivity contribution in [3.63, 3.8) is 0 Å². The maximum Gasteiger partial charge on any atom is 0.260 e. The Balaban J connectivity index is 1.87. The third kappa shape index (κ3) is 2.53. The number of nitrogens with zero attached hydrogens (tertiary/aromatic N) is 3. The number of aromatic nitrogens is 3. The molecular formula is C18H14N4OS. The van der Waals surface area contributed by atoms with E-state index in [1.165, 1.54) is 4.88 Å². The Morgan fingerprint density at radius 3 is 3.04 bits per heavy atom. The smallest absolute Gasteiger partial charge is 0.260 e. The molecule has 1 N–H and O–H groups in total. The number of pyridine rings is 1. The highest BCUT2D eigenvalue weighted by Gasteiger charge is 2.20. The van der Waals surface area contributed by atoms with E-state index in [4.69, 9.17) is 0 Å². The van der Waals surface area contributed by atoms with Crippen molar-refractivity contribution >= 4 is 33.2 Å². The zero-order valence-electron chi connectivity index (χ0n) is 12.9. The molecule has 3 heterocycles. The Morgan fingerprint density at radius 2 is 2.25 bits per heavy atom. The largest absolute Gasteiger partial charge is 0.305 e. The van der Waals surface area contributed by atoms with Gasteiger partial charge >= 0.3 is 0 Å². The Hall–Kier alpha value is -2.78. The number of nitrogens with one attached hydrogen (secondary N) is 1. The number of thiophene rings is 1. The molecule has 0 aliphatic heterocycles. The fourth-order valence-corrected chi connectivity index (χ4v) is 4.34. The molecule has 24 heavy (non-hydrogen) atoms. The van der Waals surface area contributed by atoms with Gasteiger partial charge < -0.3 is 4.98 Å². The topological polar surface area (TPSA) is 82.4 Å². The lowest BCUT2D eigenvalue weighted by molar-refractivity contribution is 0.700. The van der Waals surface area contributed by atoms with Crippen molar-refractivity contribution in [2.45, 2.75) is 25.7 Å². The second-order valence-electron chi connectivity index (χ2n) is 5.76. The molecule has 118 valence electrons. The molecule has 6 heteroatoms. The second-order valence-corrected chi connectivity index (χ2v) is 6.85. The van der Waals surface area contributed by atoms with Crippen LogP contribution in [0.5, 0.6) is 0 Å². The van der Waals surface area contributed by atoms with E-state index >= 15 is 0 Å². The van der Waals surface area contributed by atoms with Gasteiger partial charge in [0.05, 0.1) is 11.0 Å². The number of H-pyrrole nitrogens is 1. The monoisotopic (exact) mass is 334 g/mol. The highest BCUT2D eigenvalue weighted by molar-refractivity contribution is 7.18. The van der Waals surface area contributed by atoms with Crippen LogP contribution >= 0.6 is 11.3 Å². The molecule has 0 spiro atoms. The molecule has 0 radical (unpaired) electrons. The Labute approximate surface area is 142 Å². The molecule has 0 unspecified atom stereocenters. The lowest BCUT2D eigenvalue weighted by Gasteiger charge is -2.09. The molecule has 0 saturated heterocycles. The Morgan fingerprint density at radius 1 is 1.38 bits per heavy atom. The van der Waals surface area contributed by atoms with Crippen molar-refractivity contribution in [3.8, 4) is 6.07 Å². The summed E-state index contributed by atoms with van der Waals surface area (Å²) in [6, 6.07) is 5.78. The minimum absolute atomic E-state index is 0.151. The molecule has 0 atom stereocenters. The SMILES string of the molecule is N#C/C(=C\c1cccnc1)c1nc2sc3c(c2c(=O)[nH]1)CCCC3. The second kappa shape index (κ2) is 6.02. The molecule has 3 aromatic heterocycles. The lowest BCUT2D eigenvalue weighted by Crippen LogP contribution is -2.12. The van der Waals surface area contributed by atoms with Crippen LogP contribution in [-0.4, -0.2) is 15.0 Å².